The molecule has 25 heavy (non-hydrogen) atoms. The van der Waals surface area contributed by atoms with Crippen LogP contribution in [0.5, 0.6) is 5.75 Å². The van der Waals surface area contributed by atoms with Crippen LogP contribution in [0.2, 0.25) is 0 Å². The van der Waals surface area contributed by atoms with E-state index < -0.39 is 5.91 Å². The van der Waals surface area contributed by atoms with Crippen LogP contribution < -0.4 is 15.5 Å². The quantitative estimate of drug-likeness (QED) is 0.718. The summed E-state index contributed by atoms with van der Waals surface area (Å²) >= 11 is 3.36. The average molecular weight is 401 g/mol. The Labute approximate surface area is 153 Å². The summed E-state index contributed by atoms with van der Waals surface area (Å²) in [5.74, 6) is 0.145. The number of rotatable bonds is 4. The predicted molar refractivity (Wildman–Crippen MR) is 103 cm³/mol. The van der Waals surface area contributed by atoms with E-state index in [0.29, 0.717) is 23.4 Å². The number of carbonyl (C=O) groups is 1. The van der Waals surface area contributed by atoms with E-state index in [1.54, 1.807) is 37.6 Å². The van der Waals surface area contributed by atoms with Crippen LogP contribution in [0.1, 0.15) is 17.3 Å². The van der Waals surface area contributed by atoms with Crippen LogP contribution in [0.15, 0.2) is 57.9 Å². The minimum absolute atomic E-state index is 0.0996. The zero-order chi connectivity index (χ0) is 18.0. The molecule has 0 fully saturated rings. The molecule has 0 saturated heterocycles. The second-order valence-electron chi connectivity index (χ2n) is 5.51. The van der Waals surface area contributed by atoms with Crippen molar-refractivity contribution in [2.24, 2.45) is 0 Å². The number of carbonyl (C=O) groups excluding carboxylic acids is 1. The maximum Gasteiger partial charge on any atom is 0.261 e. The summed E-state index contributed by atoms with van der Waals surface area (Å²) in [5.41, 5.74) is 1.17. The summed E-state index contributed by atoms with van der Waals surface area (Å²) in [6, 6.07) is 12.5. The summed E-state index contributed by atoms with van der Waals surface area (Å²) in [5, 5.41) is 3.23. The molecule has 5 nitrogen and oxygen atoms in total. The number of ether oxygens (including phenoxy) is 1. The number of anilines is 1. The summed E-state index contributed by atoms with van der Waals surface area (Å²) < 4.78 is 7.93. The maximum absolute atomic E-state index is 12.8. The predicted octanol–water partition coefficient (Wildman–Crippen LogP) is 4.04. The summed E-state index contributed by atoms with van der Waals surface area (Å²) in [6.45, 7) is 2.60. The fourth-order valence-electron chi connectivity index (χ4n) is 2.69. The molecule has 0 spiro atoms. The molecule has 128 valence electrons. The Morgan fingerprint density at radius 3 is 2.72 bits per heavy atom. The van der Waals surface area contributed by atoms with Crippen LogP contribution in [0, 0.1) is 0 Å². The lowest BCUT2D eigenvalue weighted by Crippen LogP contribution is -2.23. The number of aryl methyl sites for hydroxylation is 1. The van der Waals surface area contributed by atoms with E-state index in [1.165, 1.54) is 0 Å². The van der Waals surface area contributed by atoms with Gasteiger partial charge < -0.3 is 14.6 Å². The van der Waals surface area contributed by atoms with Crippen LogP contribution >= 0.6 is 15.9 Å². The molecule has 1 aromatic heterocycles. The monoisotopic (exact) mass is 400 g/mol. The third kappa shape index (κ3) is 3.44. The first-order valence-corrected chi connectivity index (χ1v) is 8.61. The van der Waals surface area contributed by atoms with E-state index in [9.17, 15) is 9.59 Å². The molecule has 1 N–H and O–H groups in total. The molecule has 3 rings (SSSR count). The third-order valence-corrected chi connectivity index (χ3v) is 4.45. The van der Waals surface area contributed by atoms with E-state index in [4.69, 9.17) is 4.74 Å². The van der Waals surface area contributed by atoms with E-state index in [0.717, 1.165) is 9.99 Å². The van der Waals surface area contributed by atoms with Crippen LogP contribution in [0.25, 0.3) is 10.9 Å². The molecule has 0 radical (unpaired) electrons. The van der Waals surface area contributed by atoms with Crippen LogP contribution in [0.3, 0.4) is 0 Å². The molecule has 2 aromatic carbocycles. The van der Waals surface area contributed by atoms with Crippen molar-refractivity contribution in [2.75, 3.05) is 12.4 Å². The molecule has 3 aromatic rings. The molecule has 0 aliphatic rings. The number of nitrogens with one attached hydrogen (secondary N) is 1. The van der Waals surface area contributed by atoms with Crippen molar-refractivity contribution < 1.29 is 9.53 Å². The Kier molecular flexibility index (Phi) is 4.90. The normalized spacial score (nSPS) is 10.7. The van der Waals surface area contributed by atoms with Gasteiger partial charge in [-0.2, -0.15) is 0 Å². The Bertz CT molecular complexity index is 1010. The lowest BCUT2D eigenvalue weighted by molar-refractivity contribution is 0.102. The molecule has 0 aliphatic carbocycles. The number of aromatic nitrogens is 1. The summed E-state index contributed by atoms with van der Waals surface area (Å²) in [7, 11) is 1.54. The highest BCUT2D eigenvalue weighted by Gasteiger charge is 2.16. The first kappa shape index (κ1) is 17.2. The summed E-state index contributed by atoms with van der Waals surface area (Å²) in [4.78, 5) is 25.5. The number of fused-ring (bicyclic) bond motifs is 1. The van der Waals surface area contributed by atoms with Gasteiger partial charge in [-0.05, 0) is 43.3 Å². The molecule has 0 bridgehead atoms. The SMILES string of the molecule is CCn1cc(C(=O)Nc2cccc(Br)c2)c(=O)c2cc(OC)ccc21. The van der Waals surface area contributed by atoms with Gasteiger partial charge in [0.25, 0.3) is 5.91 Å². The van der Waals surface area contributed by atoms with Gasteiger partial charge in [-0.3, -0.25) is 9.59 Å². The molecule has 0 aliphatic heterocycles. The standard InChI is InChI=1S/C19H17BrN2O3/c1-3-22-11-16(19(24)21-13-6-4-5-12(20)9-13)18(23)15-10-14(25-2)7-8-17(15)22/h4-11H,3H2,1-2H3,(H,21,24). The minimum atomic E-state index is -0.435. The number of halogens is 1. The van der Waals surface area contributed by atoms with Gasteiger partial charge in [0.1, 0.15) is 11.3 Å². The van der Waals surface area contributed by atoms with E-state index in [-0.39, 0.29) is 11.0 Å². The Hall–Kier alpha value is -2.60. The Morgan fingerprint density at radius 1 is 1.24 bits per heavy atom. The highest BCUT2D eigenvalue weighted by Crippen LogP contribution is 2.20. The van der Waals surface area contributed by atoms with Crippen molar-refractivity contribution >= 4 is 38.4 Å². The topological polar surface area (TPSA) is 60.3 Å². The number of hydrogen-bond donors (Lipinski definition) is 1. The molecule has 0 saturated carbocycles. The van der Waals surface area contributed by atoms with E-state index in [1.807, 2.05) is 29.7 Å². The Morgan fingerprint density at radius 2 is 2.04 bits per heavy atom. The van der Waals surface area contributed by atoms with Gasteiger partial charge in [0.2, 0.25) is 5.43 Å². The molecule has 1 heterocycles. The molecule has 0 unspecified atom stereocenters. The molecule has 6 heteroatoms. The lowest BCUT2D eigenvalue weighted by atomic mass is 10.1. The van der Waals surface area contributed by atoms with E-state index >= 15 is 0 Å². The number of benzene rings is 2. The highest BCUT2D eigenvalue weighted by molar-refractivity contribution is 9.10. The average Bonchev–Trinajstić information content (AvgIpc) is 2.61. The van der Waals surface area contributed by atoms with Gasteiger partial charge >= 0.3 is 0 Å². The minimum Gasteiger partial charge on any atom is -0.497 e. The van der Waals surface area contributed by atoms with Crippen LogP contribution in [0.4, 0.5) is 5.69 Å². The van der Waals surface area contributed by atoms with Crippen LogP contribution in [-0.4, -0.2) is 17.6 Å². The fraction of sp³-hybridized carbons (Fsp3) is 0.158. The number of hydrogen-bond acceptors (Lipinski definition) is 3. The lowest BCUT2D eigenvalue weighted by Gasteiger charge is -2.13. The molecular formula is C19H17BrN2O3. The maximum atomic E-state index is 12.8. The largest absolute Gasteiger partial charge is 0.497 e. The molecular weight excluding hydrogens is 384 g/mol. The van der Waals surface area contributed by atoms with Crippen LogP contribution in [-0.2, 0) is 6.54 Å². The number of nitrogens with zero attached hydrogens (tertiary/aromatic N) is 1. The second-order valence-corrected chi connectivity index (χ2v) is 6.42. The van der Waals surface area contributed by atoms with Gasteiger partial charge in [0.05, 0.1) is 18.0 Å². The van der Waals surface area contributed by atoms with Gasteiger partial charge in [0, 0.05) is 22.9 Å². The van der Waals surface area contributed by atoms with Gasteiger partial charge in [-0.25, -0.2) is 0 Å². The number of pyridine rings is 1. The van der Waals surface area contributed by atoms with Crippen molar-refractivity contribution in [3.8, 4) is 5.75 Å². The van der Waals surface area contributed by atoms with E-state index in [2.05, 4.69) is 21.2 Å². The fourth-order valence-corrected chi connectivity index (χ4v) is 3.09. The molecule has 1 amide bonds. The smallest absolute Gasteiger partial charge is 0.261 e. The van der Waals surface area contributed by atoms with Gasteiger partial charge in [-0.1, -0.05) is 22.0 Å². The van der Waals surface area contributed by atoms with Gasteiger partial charge in [-0.15, -0.1) is 0 Å². The van der Waals surface area contributed by atoms with Crippen molar-refractivity contribution in [3.05, 3.63) is 68.9 Å². The highest BCUT2D eigenvalue weighted by atomic mass is 79.9. The first-order valence-electron chi connectivity index (χ1n) is 7.81. The Balaban J connectivity index is 2.10. The zero-order valence-electron chi connectivity index (χ0n) is 13.9. The number of methoxy groups -OCH3 is 1. The zero-order valence-corrected chi connectivity index (χ0v) is 15.5. The number of amides is 1. The second kappa shape index (κ2) is 7.11. The molecule has 0 atom stereocenters. The first-order chi connectivity index (χ1) is 12.0. The van der Waals surface area contributed by atoms with Crippen molar-refractivity contribution in [1.29, 1.82) is 0 Å². The van der Waals surface area contributed by atoms with Crippen molar-refractivity contribution in [2.45, 2.75) is 13.5 Å². The van der Waals surface area contributed by atoms with Crippen molar-refractivity contribution in [1.82, 2.24) is 4.57 Å². The van der Waals surface area contributed by atoms with Gasteiger partial charge in [0.15, 0.2) is 0 Å². The summed E-state index contributed by atoms with van der Waals surface area (Å²) in [6.07, 6.45) is 1.60. The van der Waals surface area contributed by atoms with Crippen molar-refractivity contribution in [3.63, 3.8) is 0 Å². The third-order valence-electron chi connectivity index (χ3n) is 3.96.